The zero-order valence-corrected chi connectivity index (χ0v) is 17.7. The minimum absolute atomic E-state index is 0.260. The maximum atomic E-state index is 12.7. The first-order chi connectivity index (χ1) is 15.1. The van der Waals surface area contributed by atoms with Gasteiger partial charge in [0.05, 0.1) is 18.5 Å². The molecule has 1 amide bonds. The second-order valence-electron chi connectivity index (χ2n) is 7.35. The van der Waals surface area contributed by atoms with E-state index in [1.807, 2.05) is 67.1 Å². The third kappa shape index (κ3) is 4.86. The fourth-order valence-corrected chi connectivity index (χ4v) is 3.48. The van der Waals surface area contributed by atoms with E-state index in [1.165, 1.54) is 11.8 Å². The van der Waals surface area contributed by atoms with Crippen molar-refractivity contribution in [1.82, 2.24) is 15.1 Å². The van der Waals surface area contributed by atoms with Gasteiger partial charge in [-0.15, -0.1) is 0 Å². The molecule has 31 heavy (non-hydrogen) atoms. The molecule has 2 aromatic carbocycles. The van der Waals surface area contributed by atoms with Crippen molar-refractivity contribution >= 4 is 5.91 Å². The van der Waals surface area contributed by atoms with Crippen LogP contribution < -0.4 is 10.1 Å². The lowest BCUT2D eigenvalue weighted by Gasteiger charge is -2.08. The van der Waals surface area contributed by atoms with Crippen molar-refractivity contribution in [2.24, 2.45) is 0 Å². The number of ether oxygens (including phenoxy) is 1. The molecule has 4 rings (SSSR count). The first-order valence-electron chi connectivity index (χ1n) is 10.2. The van der Waals surface area contributed by atoms with E-state index < -0.39 is 0 Å². The van der Waals surface area contributed by atoms with Crippen molar-refractivity contribution in [2.75, 3.05) is 0 Å². The van der Waals surface area contributed by atoms with Gasteiger partial charge in [0.15, 0.2) is 5.76 Å². The first kappa shape index (κ1) is 20.5. The van der Waals surface area contributed by atoms with Gasteiger partial charge in [0.1, 0.15) is 12.4 Å². The Hall–Kier alpha value is -3.80. The van der Waals surface area contributed by atoms with Crippen molar-refractivity contribution in [3.05, 3.63) is 107 Å². The average Bonchev–Trinajstić information content (AvgIpc) is 3.37. The third-order valence-corrected chi connectivity index (χ3v) is 5.22. The van der Waals surface area contributed by atoms with Gasteiger partial charge in [-0.05, 0) is 37.6 Å². The summed E-state index contributed by atoms with van der Waals surface area (Å²) in [6.45, 7) is 5.32. The van der Waals surface area contributed by atoms with E-state index in [1.54, 1.807) is 6.07 Å². The van der Waals surface area contributed by atoms with Gasteiger partial charge in [-0.25, -0.2) is 0 Å². The zero-order valence-electron chi connectivity index (χ0n) is 17.7. The second-order valence-corrected chi connectivity index (χ2v) is 7.35. The van der Waals surface area contributed by atoms with Crippen LogP contribution >= 0.6 is 0 Å². The minimum atomic E-state index is -0.272. The first-order valence-corrected chi connectivity index (χ1v) is 10.2. The molecule has 0 aliphatic carbocycles. The lowest BCUT2D eigenvalue weighted by molar-refractivity contribution is 0.0919. The summed E-state index contributed by atoms with van der Waals surface area (Å²) in [5.74, 6) is 0.737. The molecule has 0 radical (unpaired) electrons. The molecule has 2 aromatic heterocycles. The fraction of sp³-hybridized carbons (Fsp3) is 0.200. The molecule has 1 N–H and O–H groups in total. The van der Waals surface area contributed by atoms with E-state index in [0.29, 0.717) is 18.7 Å². The molecule has 0 fully saturated rings. The Morgan fingerprint density at radius 2 is 1.74 bits per heavy atom. The number of amides is 1. The molecule has 0 spiro atoms. The van der Waals surface area contributed by atoms with Crippen LogP contribution in [0.4, 0.5) is 0 Å². The maximum Gasteiger partial charge on any atom is 0.287 e. The van der Waals surface area contributed by atoms with Crippen LogP contribution in [0.25, 0.3) is 0 Å². The SMILES string of the molecule is Cc1nn(Cc2ccccc2)c(C)c1CNC(=O)c1occc1COc1ccccc1. The highest BCUT2D eigenvalue weighted by atomic mass is 16.5. The summed E-state index contributed by atoms with van der Waals surface area (Å²) in [5.41, 5.74) is 4.84. The minimum Gasteiger partial charge on any atom is -0.489 e. The van der Waals surface area contributed by atoms with E-state index in [2.05, 4.69) is 22.5 Å². The van der Waals surface area contributed by atoms with Crippen molar-refractivity contribution in [3.63, 3.8) is 0 Å². The van der Waals surface area contributed by atoms with Gasteiger partial charge >= 0.3 is 0 Å². The number of furan rings is 1. The van der Waals surface area contributed by atoms with Crippen LogP contribution in [0.5, 0.6) is 5.75 Å². The maximum absolute atomic E-state index is 12.7. The number of hydrogen-bond donors (Lipinski definition) is 1. The number of nitrogens with zero attached hydrogens (tertiary/aromatic N) is 2. The topological polar surface area (TPSA) is 69.3 Å². The molecule has 158 valence electrons. The van der Waals surface area contributed by atoms with E-state index >= 15 is 0 Å². The number of hydrogen-bond acceptors (Lipinski definition) is 4. The number of benzene rings is 2. The van der Waals surface area contributed by atoms with Crippen LogP contribution in [0.1, 0.15) is 38.6 Å². The number of carbonyl (C=O) groups is 1. The standard InChI is InChI=1S/C25H25N3O3/c1-18-23(19(2)28(27-18)16-20-9-5-3-6-10-20)15-26-25(29)24-21(13-14-30-24)17-31-22-11-7-4-8-12-22/h3-14H,15-17H2,1-2H3,(H,26,29). The summed E-state index contributed by atoms with van der Waals surface area (Å²) in [4.78, 5) is 12.7. The molecule has 0 saturated heterocycles. The lowest BCUT2D eigenvalue weighted by Crippen LogP contribution is -2.24. The average molecular weight is 415 g/mol. The number of rotatable bonds is 8. The predicted octanol–water partition coefficient (Wildman–Crippen LogP) is 4.65. The Labute approximate surface area is 181 Å². The van der Waals surface area contributed by atoms with Crippen LogP contribution in [0.2, 0.25) is 0 Å². The summed E-state index contributed by atoms with van der Waals surface area (Å²) in [6.07, 6.45) is 1.51. The summed E-state index contributed by atoms with van der Waals surface area (Å²) < 4.78 is 13.2. The van der Waals surface area contributed by atoms with Crippen LogP contribution in [0.3, 0.4) is 0 Å². The highest BCUT2D eigenvalue weighted by Gasteiger charge is 2.18. The Morgan fingerprint density at radius 1 is 1.03 bits per heavy atom. The molecular weight excluding hydrogens is 390 g/mol. The molecule has 0 aliphatic rings. The van der Waals surface area contributed by atoms with Crippen molar-refractivity contribution in [1.29, 1.82) is 0 Å². The normalized spacial score (nSPS) is 10.8. The highest BCUT2D eigenvalue weighted by molar-refractivity contribution is 5.92. The van der Waals surface area contributed by atoms with Crippen molar-refractivity contribution in [3.8, 4) is 5.75 Å². The van der Waals surface area contributed by atoms with Crippen molar-refractivity contribution < 1.29 is 13.9 Å². The quantitative estimate of drug-likeness (QED) is 0.455. The largest absolute Gasteiger partial charge is 0.489 e. The van der Waals surface area contributed by atoms with E-state index in [4.69, 9.17) is 9.15 Å². The van der Waals surface area contributed by atoms with Crippen LogP contribution in [0, 0.1) is 13.8 Å². The predicted molar refractivity (Wildman–Crippen MR) is 118 cm³/mol. The van der Waals surface area contributed by atoms with Crippen LogP contribution in [-0.4, -0.2) is 15.7 Å². The number of carbonyl (C=O) groups excluding carboxylic acids is 1. The number of aryl methyl sites for hydroxylation is 1. The lowest BCUT2D eigenvalue weighted by atomic mass is 10.2. The van der Waals surface area contributed by atoms with E-state index in [0.717, 1.165) is 22.7 Å². The third-order valence-electron chi connectivity index (χ3n) is 5.22. The number of nitrogens with one attached hydrogen (secondary N) is 1. The van der Waals surface area contributed by atoms with Gasteiger partial charge in [-0.1, -0.05) is 48.5 Å². The molecule has 6 nitrogen and oxygen atoms in total. The summed E-state index contributed by atoms with van der Waals surface area (Å²) in [5, 5.41) is 7.61. The van der Waals surface area contributed by atoms with Crippen molar-refractivity contribution in [2.45, 2.75) is 33.5 Å². The van der Waals surface area contributed by atoms with E-state index in [-0.39, 0.29) is 18.3 Å². The van der Waals surface area contributed by atoms with Gasteiger partial charge < -0.3 is 14.5 Å². The van der Waals surface area contributed by atoms with Gasteiger partial charge in [-0.2, -0.15) is 5.10 Å². The number of para-hydroxylation sites is 1. The Morgan fingerprint density at radius 3 is 2.48 bits per heavy atom. The Bertz CT molecular complexity index is 1150. The number of aromatic nitrogens is 2. The molecule has 0 bridgehead atoms. The van der Waals surface area contributed by atoms with Gasteiger partial charge in [0.25, 0.3) is 5.91 Å². The molecular formula is C25H25N3O3. The molecule has 4 aromatic rings. The summed E-state index contributed by atoms with van der Waals surface area (Å²) in [6, 6.07) is 21.4. The fourth-order valence-electron chi connectivity index (χ4n) is 3.48. The van der Waals surface area contributed by atoms with Gasteiger partial charge in [0, 0.05) is 23.4 Å². The molecule has 0 atom stereocenters. The van der Waals surface area contributed by atoms with Crippen LogP contribution in [0.15, 0.2) is 77.4 Å². The molecule has 0 aliphatic heterocycles. The molecule has 0 saturated carbocycles. The Kier molecular flexibility index (Phi) is 6.17. The highest BCUT2D eigenvalue weighted by Crippen LogP contribution is 2.18. The van der Waals surface area contributed by atoms with Gasteiger partial charge in [-0.3, -0.25) is 9.48 Å². The van der Waals surface area contributed by atoms with Gasteiger partial charge in [0.2, 0.25) is 0 Å². The van der Waals surface area contributed by atoms with Crippen LogP contribution in [-0.2, 0) is 19.7 Å². The van der Waals surface area contributed by atoms with E-state index in [9.17, 15) is 4.79 Å². The monoisotopic (exact) mass is 415 g/mol. The Balaban J connectivity index is 1.40. The molecule has 6 heteroatoms. The smallest absolute Gasteiger partial charge is 0.287 e. The molecule has 0 unspecified atom stereocenters. The second kappa shape index (κ2) is 9.34. The molecule has 2 heterocycles. The zero-order chi connectivity index (χ0) is 21.6. The summed E-state index contributed by atoms with van der Waals surface area (Å²) in [7, 11) is 0. The summed E-state index contributed by atoms with van der Waals surface area (Å²) >= 11 is 0.